The average Bonchev–Trinajstić information content (AvgIpc) is 2.27. The summed E-state index contributed by atoms with van der Waals surface area (Å²) in [7, 11) is 1.64. The van der Waals surface area contributed by atoms with Crippen molar-refractivity contribution in [1.29, 1.82) is 0 Å². The molecule has 98 valence electrons. The maximum Gasteiger partial charge on any atom is 0.191 e. The number of nitrogens with zero attached hydrogens (tertiary/aromatic N) is 2. The van der Waals surface area contributed by atoms with Gasteiger partial charge in [-0.1, -0.05) is 11.6 Å². The first-order chi connectivity index (χ1) is 8.61. The van der Waals surface area contributed by atoms with Crippen molar-refractivity contribution in [3.63, 3.8) is 0 Å². The number of hydrogen-bond acceptors (Lipinski definition) is 2. The molecule has 0 atom stereocenters. The second kappa shape index (κ2) is 5.97. The van der Waals surface area contributed by atoms with Crippen LogP contribution in [0.1, 0.15) is 12.0 Å². The minimum atomic E-state index is 0.488. The molecule has 0 bridgehead atoms. The molecular formula is C12H15ClIN3O. The molecule has 1 aliphatic heterocycles. The Morgan fingerprint density at radius 3 is 2.83 bits per heavy atom. The smallest absolute Gasteiger partial charge is 0.191 e. The number of aliphatic imine (C=N–C) groups is 1. The number of ether oxygens (including phenoxy) is 1. The SMILES string of the molecule is COc1cc(I)c(Cl)cc1CN=C(N)N1CCC1. The van der Waals surface area contributed by atoms with Crippen LogP contribution in [0.3, 0.4) is 0 Å². The van der Waals surface area contributed by atoms with Crippen LogP contribution >= 0.6 is 34.2 Å². The minimum Gasteiger partial charge on any atom is -0.496 e. The first-order valence-corrected chi connectivity index (χ1v) is 7.14. The van der Waals surface area contributed by atoms with Gasteiger partial charge in [0.2, 0.25) is 0 Å². The maximum atomic E-state index is 6.11. The van der Waals surface area contributed by atoms with E-state index in [2.05, 4.69) is 32.5 Å². The van der Waals surface area contributed by atoms with Crippen LogP contribution in [0.4, 0.5) is 0 Å². The van der Waals surface area contributed by atoms with Gasteiger partial charge in [0.05, 0.1) is 18.7 Å². The third-order valence-corrected chi connectivity index (χ3v) is 4.44. The number of halogens is 2. The molecule has 1 aromatic carbocycles. The van der Waals surface area contributed by atoms with Gasteiger partial charge in [-0.15, -0.1) is 0 Å². The fourth-order valence-corrected chi connectivity index (χ4v) is 2.32. The minimum absolute atomic E-state index is 0.488. The number of benzene rings is 1. The normalized spacial score (nSPS) is 15.5. The molecule has 1 heterocycles. The molecule has 4 nitrogen and oxygen atoms in total. The molecule has 0 unspecified atom stereocenters. The Kier molecular flexibility index (Phi) is 4.55. The van der Waals surface area contributed by atoms with Crippen LogP contribution in [-0.2, 0) is 6.54 Å². The third-order valence-electron chi connectivity index (χ3n) is 2.91. The molecule has 18 heavy (non-hydrogen) atoms. The monoisotopic (exact) mass is 379 g/mol. The summed E-state index contributed by atoms with van der Waals surface area (Å²) in [6.07, 6.45) is 1.19. The molecule has 0 amide bonds. The molecule has 2 rings (SSSR count). The van der Waals surface area contributed by atoms with Crippen LogP contribution in [0.2, 0.25) is 5.02 Å². The number of rotatable bonds is 3. The van der Waals surface area contributed by atoms with Crippen molar-refractivity contribution in [1.82, 2.24) is 4.90 Å². The van der Waals surface area contributed by atoms with Crippen LogP contribution < -0.4 is 10.5 Å². The first kappa shape index (κ1) is 13.7. The van der Waals surface area contributed by atoms with Gasteiger partial charge in [-0.05, 0) is 41.1 Å². The third kappa shape index (κ3) is 3.00. The summed E-state index contributed by atoms with van der Waals surface area (Å²) in [5, 5.41) is 0.712. The van der Waals surface area contributed by atoms with Crippen molar-refractivity contribution in [2.45, 2.75) is 13.0 Å². The van der Waals surface area contributed by atoms with E-state index in [0.717, 1.165) is 28.0 Å². The lowest BCUT2D eigenvalue weighted by Crippen LogP contribution is -2.46. The van der Waals surface area contributed by atoms with Gasteiger partial charge in [0.25, 0.3) is 0 Å². The van der Waals surface area contributed by atoms with Crippen molar-refractivity contribution in [2.24, 2.45) is 10.7 Å². The number of guanidine groups is 1. The Hall–Kier alpha value is -0.690. The van der Waals surface area contributed by atoms with E-state index in [1.54, 1.807) is 7.11 Å². The second-order valence-electron chi connectivity index (χ2n) is 4.09. The summed E-state index contributed by atoms with van der Waals surface area (Å²) in [4.78, 5) is 6.43. The highest BCUT2D eigenvalue weighted by Gasteiger charge is 2.15. The topological polar surface area (TPSA) is 50.9 Å². The van der Waals surface area contributed by atoms with Crippen LogP contribution in [0.25, 0.3) is 0 Å². The Labute approximate surface area is 125 Å². The van der Waals surface area contributed by atoms with Crippen LogP contribution in [0.15, 0.2) is 17.1 Å². The van der Waals surface area contributed by atoms with Crippen LogP contribution in [0, 0.1) is 3.57 Å². The van der Waals surface area contributed by atoms with Gasteiger partial charge in [-0.3, -0.25) is 0 Å². The van der Waals surface area contributed by atoms with Crippen molar-refractivity contribution >= 4 is 40.2 Å². The molecule has 1 fully saturated rings. The molecule has 2 N–H and O–H groups in total. The summed E-state index contributed by atoms with van der Waals surface area (Å²) in [6, 6.07) is 3.79. The van der Waals surface area contributed by atoms with Crippen molar-refractivity contribution in [3.05, 3.63) is 26.3 Å². The lowest BCUT2D eigenvalue weighted by atomic mass is 10.2. The van der Waals surface area contributed by atoms with Crippen LogP contribution in [0.5, 0.6) is 5.75 Å². The Balaban J connectivity index is 2.15. The zero-order valence-corrected chi connectivity index (χ0v) is 13.0. The number of methoxy groups -OCH3 is 1. The summed E-state index contributed by atoms with van der Waals surface area (Å²) in [5.41, 5.74) is 6.84. The highest BCUT2D eigenvalue weighted by molar-refractivity contribution is 14.1. The lowest BCUT2D eigenvalue weighted by molar-refractivity contribution is 0.295. The standard InChI is InChI=1S/C12H15ClIN3O/c1-18-11-6-10(14)9(13)5-8(11)7-16-12(15)17-3-2-4-17/h5-6H,2-4,7H2,1H3,(H2,15,16). The van der Waals surface area contributed by atoms with E-state index in [1.165, 1.54) is 6.42 Å². The molecule has 0 spiro atoms. The van der Waals surface area contributed by atoms with Gasteiger partial charge in [-0.25, -0.2) is 4.99 Å². The Bertz CT molecular complexity index is 475. The molecular weight excluding hydrogens is 365 g/mol. The molecule has 0 saturated carbocycles. The number of nitrogens with two attached hydrogens (primary N) is 1. The fraction of sp³-hybridized carbons (Fsp3) is 0.417. The molecule has 0 radical (unpaired) electrons. The van der Waals surface area contributed by atoms with E-state index < -0.39 is 0 Å². The molecule has 1 aliphatic rings. The Morgan fingerprint density at radius 2 is 2.28 bits per heavy atom. The van der Waals surface area contributed by atoms with Crippen molar-refractivity contribution in [3.8, 4) is 5.75 Å². The number of hydrogen-bond donors (Lipinski definition) is 1. The zero-order chi connectivity index (χ0) is 13.1. The van der Waals surface area contributed by atoms with E-state index in [-0.39, 0.29) is 0 Å². The van der Waals surface area contributed by atoms with Crippen molar-refractivity contribution < 1.29 is 4.74 Å². The fourth-order valence-electron chi connectivity index (χ4n) is 1.69. The lowest BCUT2D eigenvalue weighted by Gasteiger charge is -2.31. The van der Waals surface area contributed by atoms with Gasteiger partial charge in [0.1, 0.15) is 5.75 Å². The van der Waals surface area contributed by atoms with Gasteiger partial charge in [0.15, 0.2) is 5.96 Å². The van der Waals surface area contributed by atoms with Crippen molar-refractivity contribution in [2.75, 3.05) is 20.2 Å². The highest BCUT2D eigenvalue weighted by Crippen LogP contribution is 2.28. The van der Waals surface area contributed by atoms with Gasteiger partial charge in [0, 0.05) is 22.2 Å². The average molecular weight is 380 g/mol. The molecule has 1 aromatic rings. The summed E-state index contributed by atoms with van der Waals surface area (Å²) in [5.74, 6) is 1.39. The van der Waals surface area contributed by atoms with E-state index in [4.69, 9.17) is 22.1 Å². The van der Waals surface area contributed by atoms with E-state index in [1.807, 2.05) is 12.1 Å². The first-order valence-electron chi connectivity index (χ1n) is 5.68. The zero-order valence-electron chi connectivity index (χ0n) is 10.1. The molecule has 0 aromatic heterocycles. The van der Waals surface area contributed by atoms with Gasteiger partial charge in [-0.2, -0.15) is 0 Å². The molecule has 6 heteroatoms. The summed E-state index contributed by atoms with van der Waals surface area (Å²) >= 11 is 8.28. The van der Waals surface area contributed by atoms with Crippen LogP contribution in [-0.4, -0.2) is 31.1 Å². The molecule has 0 aliphatic carbocycles. The van der Waals surface area contributed by atoms with E-state index in [9.17, 15) is 0 Å². The summed E-state index contributed by atoms with van der Waals surface area (Å²) in [6.45, 7) is 2.49. The Morgan fingerprint density at radius 1 is 1.56 bits per heavy atom. The van der Waals surface area contributed by atoms with E-state index in [0.29, 0.717) is 17.5 Å². The molecule has 1 saturated heterocycles. The highest BCUT2D eigenvalue weighted by atomic mass is 127. The maximum absolute atomic E-state index is 6.11. The van der Waals surface area contributed by atoms with Gasteiger partial charge >= 0.3 is 0 Å². The van der Waals surface area contributed by atoms with E-state index >= 15 is 0 Å². The predicted molar refractivity (Wildman–Crippen MR) is 82.2 cm³/mol. The largest absolute Gasteiger partial charge is 0.496 e. The predicted octanol–water partition coefficient (Wildman–Crippen LogP) is 2.47. The quantitative estimate of drug-likeness (QED) is 0.499. The number of likely N-dealkylation sites (tertiary alicyclic amines) is 1. The second-order valence-corrected chi connectivity index (χ2v) is 5.66. The summed E-state index contributed by atoms with van der Waals surface area (Å²) < 4.78 is 6.29. The van der Waals surface area contributed by atoms with Gasteiger partial charge < -0.3 is 15.4 Å².